The van der Waals surface area contributed by atoms with Gasteiger partial charge in [-0.15, -0.1) is 0 Å². The Balaban J connectivity index is 1.98. The standard InChI is InChI=1S/C20H17Cl2NO/c1-12(2)14-7-6-13-4-3-5-19(16(13)10-14)23-20(24)15-8-9-17(21)18(22)11-15/h3-12H,1-2H3,(H,23,24). The Kier molecular flexibility index (Phi) is 4.79. The molecule has 24 heavy (non-hydrogen) atoms. The molecule has 0 saturated carbocycles. The zero-order valence-corrected chi connectivity index (χ0v) is 14.9. The summed E-state index contributed by atoms with van der Waals surface area (Å²) < 4.78 is 0. The van der Waals surface area contributed by atoms with E-state index in [2.05, 4.69) is 37.4 Å². The Morgan fingerprint density at radius 3 is 2.46 bits per heavy atom. The predicted octanol–water partition coefficient (Wildman–Crippen LogP) is 6.52. The van der Waals surface area contributed by atoms with Crippen molar-refractivity contribution in [3.05, 3.63) is 75.8 Å². The Bertz CT molecular complexity index is 919. The van der Waals surface area contributed by atoms with Crippen molar-refractivity contribution in [1.29, 1.82) is 0 Å². The highest BCUT2D eigenvalue weighted by Crippen LogP contribution is 2.28. The molecule has 0 aliphatic rings. The summed E-state index contributed by atoms with van der Waals surface area (Å²) in [6, 6.07) is 17.1. The van der Waals surface area contributed by atoms with Crippen LogP contribution in [0.5, 0.6) is 0 Å². The van der Waals surface area contributed by atoms with Gasteiger partial charge in [-0.2, -0.15) is 0 Å². The first-order valence-corrected chi connectivity index (χ1v) is 8.50. The molecule has 0 spiro atoms. The Morgan fingerprint density at radius 1 is 0.958 bits per heavy atom. The smallest absolute Gasteiger partial charge is 0.255 e. The van der Waals surface area contributed by atoms with Gasteiger partial charge in [-0.05, 0) is 47.2 Å². The van der Waals surface area contributed by atoms with E-state index in [0.29, 0.717) is 21.5 Å². The van der Waals surface area contributed by atoms with Crippen molar-refractivity contribution in [2.24, 2.45) is 0 Å². The second kappa shape index (κ2) is 6.84. The number of fused-ring (bicyclic) bond motifs is 1. The van der Waals surface area contributed by atoms with Crippen molar-refractivity contribution in [3.8, 4) is 0 Å². The minimum atomic E-state index is -0.212. The molecule has 1 N–H and O–H groups in total. The lowest BCUT2D eigenvalue weighted by atomic mass is 9.98. The summed E-state index contributed by atoms with van der Waals surface area (Å²) in [4.78, 5) is 12.5. The fourth-order valence-electron chi connectivity index (χ4n) is 2.59. The lowest BCUT2D eigenvalue weighted by Gasteiger charge is -2.12. The predicted molar refractivity (Wildman–Crippen MR) is 102 cm³/mol. The molecule has 0 bridgehead atoms. The van der Waals surface area contributed by atoms with E-state index in [-0.39, 0.29) is 5.91 Å². The number of rotatable bonds is 3. The van der Waals surface area contributed by atoms with Crippen LogP contribution in [-0.4, -0.2) is 5.91 Å². The van der Waals surface area contributed by atoms with Crippen LogP contribution >= 0.6 is 23.2 Å². The SMILES string of the molecule is CC(C)c1ccc2cccc(NC(=O)c3ccc(Cl)c(Cl)c3)c2c1. The van der Waals surface area contributed by atoms with Gasteiger partial charge in [-0.25, -0.2) is 0 Å². The van der Waals surface area contributed by atoms with Crippen LogP contribution in [-0.2, 0) is 0 Å². The van der Waals surface area contributed by atoms with Crippen molar-refractivity contribution in [2.75, 3.05) is 5.32 Å². The van der Waals surface area contributed by atoms with Crippen molar-refractivity contribution in [3.63, 3.8) is 0 Å². The Labute approximate surface area is 151 Å². The van der Waals surface area contributed by atoms with Gasteiger partial charge >= 0.3 is 0 Å². The topological polar surface area (TPSA) is 29.1 Å². The molecule has 0 aliphatic carbocycles. The molecule has 0 aliphatic heterocycles. The number of halogens is 2. The molecule has 0 atom stereocenters. The number of hydrogen-bond donors (Lipinski definition) is 1. The molecule has 0 heterocycles. The quantitative estimate of drug-likeness (QED) is 0.567. The molecule has 3 aromatic carbocycles. The van der Waals surface area contributed by atoms with Crippen LogP contribution in [0, 0.1) is 0 Å². The van der Waals surface area contributed by atoms with Gasteiger partial charge in [0.15, 0.2) is 0 Å². The second-order valence-electron chi connectivity index (χ2n) is 6.02. The summed E-state index contributed by atoms with van der Waals surface area (Å²) in [5.74, 6) is 0.212. The van der Waals surface area contributed by atoms with Gasteiger partial charge in [-0.1, -0.05) is 61.3 Å². The van der Waals surface area contributed by atoms with E-state index in [1.54, 1.807) is 18.2 Å². The first kappa shape index (κ1) is 16.8. The molecule has 1 amide bonds. The van der Waals surface area contributed by atoms with Gasteiger partial charge in [0.25, 0.3) is 5.91 Å². The van der Waals surface area contributed by atoms with Crippen LogP contribution in [0.4, 0.5) is 5.69 Å². The first-order valence-electron chi connectivity index (χ1n) is 7.75. The summed E-state index contributed by atoms with van der Waals surface area (Å²) >= 11 is 11.9. The maximum atomic E-state index is 12.5. The molecular formula is C20H17Cl2NO. The molecule has 0 fully saturated rings. The zero-order valence-electron chi connectivity index (χ0n) is 13.4. The van der Waals surface area contributed by atoms with Gasteiger partial charge in [0.1, 0.15) is 0 Å². The number of benzene rings is 3. The summed E-state index contributed by atoms with van der Waals surface area (Å²) in [6.07, 6.45) is 0. The fraction of sp³-hybridized carbons (Fsp3) is 0.150. The molecule has 2 nitrogen and oxygen atoms in total. The molecule has 4 heteroatoms. The number of hydrogen-bond acceptors (Lipinski definition) is 1. The highest BCUT2D eigenvalue weighted by Gasteiger charge is 2.11. The highest BCUT2D eigenvalue weighted by molar-refractivity contribution is 6.42. The molecule has 0 radical (unpaired) electrons. The molecular weight excluding hydrogens is 341 g/mol. The summed E-state index contributed by atoms with van der Waals surface area (Å²) in [5, 5.41) is 5.88. The molecule has 3 rings (SSSR count). The normalized spacial score (nSPS) is 11.0. The van der Waals surface area contributed by atoms with Crippen LogP contribution in [0.3, 0.4) is 0 Å². The average Bonchev–Trinajstić information content (AvgIpc) is 2.57. The molecule has 3 aromatic rings. The summed E-state index contributed by atoms with van der Waals surface area (Å²) in [6.45, 7) is 4.30. The van der Waals surface area contributed by atoms with Gasteiger partial charge in [0, 0.05) is 16.6 Å². The highest BCUT2D eigenvalue weighted by atomic mass is 35.5. The lowest BCUT2D eigenvalue weighted by molar-refractivity contribution is 0.102. The van der Waals surface area contributed by atoms with Crippen molar-refractivity contribution < 1.29 is 4.79 Å². The first-order chi connectivity index (χ1) is 11.5. The lowest BCUT2D eigenvalue weighted by Crippen LogP contribution is -2.12. The Morgan fingerprint density at radius 2 is 1.75 bits per heavy atom. The minimum Gasteiger partial charge on any atom is -0.321 e. The van der Waals surface area contributed by atoms with Crippen LogP contribution in [0.1, 0.15) is 35.7 Å². The van der Waals surface area contributed by atoms with E-state index >= 15 is 0 Å². The van der Waals surface area contributed by atoms with E-state index in [9.17, 15) is 4.79 Å². The zero-order chi connectivity index (χ0) is 17.3. The molecule has 0 saturated heterocycles. The third-order valence-electron chi connectivity index (χ3n) is 4.00. The van der Waals surface area contributed by atoms with Crippen molar-refractivity contribution in [1.82, 2.24) is 0 Å². The maximum Gasteiger partial charge on any atom is 0.255 e. The number of carbonyl (C=O) groups excluding carboxylic acids is 1. The third kappa shape index (κ3) is 3.40. The number of amides is 1. The van der Waals surface area contributed by atoms with Crippen LogP contribution in [0.2, 0.25) is 10.0 Å². The summed E-state index contributed by atoms with van der Waals surface area (Å²) in [7, 11) is 0. The van der Waals surface area contributed by atoms with Gasteiger partial charge < -0.3 is 5.32 Å². The van der Waals surface area contributed by atoms with Crippen LogP contribution in [0.25, 0.3) is 10.8 Å². The van der Waals surface area contributed by atoms with E-state index < -0.39 is 0 Å². The third-order valence-corrected chi connectivity index (χ3v) is 4.74. The average molecular weight is 358 g/mol. The van der Waals surface area contributed by atoms with E-state index in [0.717, 1.165) is 16.5 Å². The maximum absolute atomic E-state index is 12.5. The van der Waals surface area contributed by atoms with Gasteiger partial charge in [-0.3, -0.25) is 4.79 Å². The van der Waals surface area contributed by atoms with Crippen LogP contribution in [0.15, 0.2) is 54.6 Å². The monoisotopic (exact) mass is 357 g/mol. The molecule has 122 valence electrons. The summed E-state index contributed by atoms with van der Waals surface area (Å²) in [5.41, 5.74) is 2.49. The molecule has 0 aromatic heterocycles. The van der Waals surface area contributed by atoms with Crippen molar-refractivity contribution in [2.45, 2.75) is 19.8 Å². The number of carbonyl (C=O) groups is 1. The molecule has 0 unspecified atom stereocenters. The Hall–Kier alpha value is -2.03. The largest absolute Gasteiger partial charge is 0.321 e. The van der Waals surface area contributed by atoms with Crippen LogP contribution < -0.4 is 5.32 Å². The van der Waals surface area contributed by atoms with E-state index in [1.165, 1.54) is 5.56 Å². The van der Waals surface area contributed by atoms with Crippen molar-refractivity contribution >= 4 is 45.6 Å². The second-order valence-corrected chi connectivity index (χ2v) is 6.84. The van der Waals surface area contributed by atoms with Gasteiger partial charge in [0.05, 0.1) is 10.0 Å². The minimum absolute atomic E-state index is 0.212. The van der Waals surface area contributed by atoms with E-state index in [4.69, 9.17) is 23.2 Å². The van der Waals surface area contributed by atoms with Gasteiger partial charge in [0.2, 0.25) is 0 Å². The number of anilines is 1. The number of nitrogens with one attached hydrogen (secondary N) is 1. The van der Waals surface area contributed by atoms with E-state index in [1.807, 2.05) is 18.2 Å². The fourth-order valence-corrected chi connectivity index (χ4v) is 2.89.